The number of benzene rings is 7. The lowest BCUT2D eigenvalue weighted by Crippen LogP contribution is -2.21. The fourth-order valence-electron chi connectivity index (χ4n) is 7.06. The lowest BCUT2D eigenvalue weighted by atomic mass is 9.99. The Kier molecular flexibility index (Phi) is 7.49. The molecule has 0 spiro atoms. The van der Waals surface area contributed by atoms with Crippen molar-refractivity contribution in [3.8, 4) is 22.3 Å². The van der Waals surface area contributed by atoms with E-state index in [2.05, 4.69) is 48.5 Å². The molecule has 8 heteroatoms. The van der Waals surface area contributed by atoms with E-state index in [4.69, 9.17) is 0 Å². The van der Waals surface area contributed by atoms with E-state index in [-0.39, 0.29) is 19.6 Å². The molecule has 0 N–H and O–H groups in total. The van der Waals surface area contributed by atoms with Gasteiger partial charge in [-0.25, -0.2) is 16.8 Å². The van der Waals surface area contributed by atoms with Crippen molar-refractivity contribution < 1.29 is 16.8 Å². The van der Waals surface area contributed by atoms with Gasteiger partial charge in [0.05, 0.1) is 19.6 Å². The van der Waals surface area contributed by atoms with Gasteiger partial charge in [0.15, 0.2) is 0 Å². The van der Waals surface area contributed by atoms with Gasteiger partial charge in [0.25, 0.3) is 0 Å². The predicted molar refractivity (Wildman–Crippen MR) is 206 cm³/mol. The highest BCUT2D eigenvalue weighted by Gasteiger charge is 2.41. The molecule has 0 radical (unpaired) electrons. The first kappa shape index (κ1) is 31.3. The fourth-order valence-corrected chi connectivity index (χ4v) is 15.4. The largest absolute Gasteiger partial charge is 0.218 e. The third kappa shape index (κ3) is 4.93. The molecule has 0 amide bonds. The summed E-state index contributed by atoms with van der Waals surface area (Å²) >= 11 is 0. The van der Waals surface area contributed by atoms with Gasteiger partial charge in [0, 0.05) is 22.3 Å². The summed E-state index contributed by atoms with van der Waals surface area (Å²) in [7, 11) is -10.0. The zero-order chi connectivity index (χ0) is 34.0. The SMILES string of the molecule is O=S1(=O)c2cc(P(c3ccccc3)c3ccccc3)ccc2-c2cc3c(cc21)S(=O)(=O)c1cc(P(c2ccccc2)c2ccccc2)ccc1-3. The van der Waals surface area contributed by atoms with Gasteiger partial charge in [-0.15, -0.1) is 0 Å². The van der Waals surface area contributed by atoms with Crippen LogP contribution >= 0.6 is 15.8 Å². The minimum Gasteiger partial charge on any atom is -0.218 e. The molecule has 50 heavy (non-hydrogen) atoms. The summed E-state index contributed by atoms with van der Waals surface area (Å²) in [6.07, 6.45) is 0. The van der Waals surface area contributed by atoms with Crippen LogP contribution in [0.2, 0.25) is 0 Å². The van der Waals surface area contributed by atoms with Crippen LogP contribution in [-0.4, -0.2) is 16.8 Å². The standard InChI is InChI=1S/C42H28O4P2S2/c43-49(44)39-25-33(47(29-13-5-1-6-14-29)30-15-7-2-8-16-30)21-23-35(39)37-27-38-36-24-22-34(26-40(36)50(45,46)42(38)28-41(37)49)48(31-17-9-3-10-18-31)32-19-11-4-12-20-32/h1-28H. The Balaban J connectivity index is 1.17. The molecular formula is C42H28O4P2S2. The first-order chi connectivity index (χ1) is 24.3. The Morgan fingerprint density at radius 1 is 0.280 bits per heavy atom. The van der Waals surface area contributed by atoms with E-state index < -0.39 is 35.5 Å². The van der Waals surface area contributed by atoms with Gasteiger partial charge < -0.3 is 0 Å². The number of hydrogen-bond donors (Lipinski definition) is 0. The average Bonchev–Trinajstić information content (AvgIpc) is 3.51. The smallest absolute Gasteiger partial charge is 0.207 e. The predicted octanol–water partition coefficient (Wildman–Crippen LogP) is 6.83. The summed E-state index contributed by atoms with van der Waals surface area (Å²) in [6, 6.07) is 55.1. The first-order valence-electron chi connectivity index (χ1n) is 16.1. The Bertz CT molecular complexity index is 2400. The second-order valence-electron chi connectivity index (χ2n) is 12.2. The van der Waals surface area contributed by atoms with E-state index in [1.54, 1.807) is 18.2 Å². The molecule has 242 valence electrons. The highest BCUT2D eigenvalue weighted by atomic mass is 32.2. The minimum absolute atomic E-state index is 0.0413. The second kappa shape index (κ2) is 12.0. The van der Waals surface area contributed by atoms with Gasteiger partial charge in [0.2, 0.25) is 19.7 Å². The molecule has 7 aromatic carbocycles. The summed E-state index contributed by atoms with van der Waals surface area (Å²) in [5.41, 5.74) is 2.28. The van der Waals surface area contributed by atoms with Crippen LogP contribution in [0.4, 0.5) is 0 Å². The molecule has 0 aliphatic carbocycles. The minimum atomic E-state index is -3.99. The van der Waals surface area contributed by atoms with Crippen LogP contribution in [-0.2, 0) is 19.7 Å². The quantitative estimate of drug-likeness (QED) is 0.177. The maximum atomic E-state index is 14.3. The van der Waals surface area contributed by atoms with Crippen molar-refractivity contribution in [2.24, 2.45) is 0 Å². The fraction of sp³-hybridized carbons (Fsp3) is 0. The number of hydrogen-bond acceptors (Lipinski definition) is 4. The van der Waals surface area contributed by atoms with Crippen molar-refractivity contribution in [2.75, 3.05) is 0 Å². The summed E-state index contributed by atoms with van der Waals surface area (Å²) in [5, 5.41) is 6.30. The Hall–Kier alpha value is -4.70. The molecule has 0 bridgehead atoms. The molecule has 2 aliphatic heterocycles. The Labute approximate surface area is 294 Å². The van der Waals surface area contributed by atoms with Gasteiger partial charge >= 0.3 is 0 Å². The van der Waals surface area contributed by atoms with Crippen molar-refractivity contribution in [3.63, 3.8) is 0 Å². The monoisotopic (exact) mass is 722 g/mol. The van der Waals surface area contributed by atoms with Gasteiger partial charge in [0.1, 0.15) is 0 Å². The van der Waals surface area contributed by atoms with E-state index in [1.165, 1.54) is 6.07 Å². The molecule has 7 aromatic rings. The maximum Gasteiger partial charge on any atom is 0.207 e. The van der Waals surface area contributed by atoms with Crippen molar-refractivity contribution in [3.05, 3.63) is 170 Å². The maximum absolute atomic E-state index is 14.3. The Morgan fingerprint density at radius 2 is 0.580 bits per heavy atom. The second-order valence-corrected chi connectivity index (χ2v) is 20.4. The summed E-state index contributed by atoms with van der Waals surface area (Å²) in [5.74, 6) is 0. The zero-order valence-corrected chi connectivity index (χ0v) is 29.9. The van der Waals surface area contributed by atoms with Crippen LogP contribution in [0.5, 0.6) is 0 Å². The highest BCUT2D eigenvalue weighted by Crippen LogP contribution is 2.52. The van der Waals surface area contributed by atoms with Crippen LogP contribution in [0, 0.1) is 0 Å². The van der Waals surface area contributed by atoms with Crippen LogP contribution < -0.4 is 31.8 Å². The average molecular weight is 723 g/mol. The van der Waals surface area contributed by atoms with E-state index in [1.807, 2.05) is 97.1 Å². The normalized spacial score (nSPS) is 14.6. The van der Waals surface area contributed by atoms with Crippen molar-refractivity contribution in [2.45, 2.75) is 19.6 Å². The first-order valence-corrected chi connectivity index (χ1v) is 21.7. The molecule has 0 saturated heterocycles. The topological polar surface area (TPSA) is 68.3 Å². The van der Waals surface area contributed by atoms with Gasteiger partial charge in [-0.2, -0.15) is 0 Å². The third-order valence-electron chi connectivity index (χ3n) is 9.32. The van der Waals surface area contributed by atoms with Crippen molar-refractivity contribution in [1.82, 2.24) is 0 Å². The lowest BCUT2D eigenvalue weighted by Gasteiger charge is -2.20. The Morgan fingerprint density at radius 3 is 0.900 bits per heavy atom. The molecule has 4 nitrogen and oxygen atoms in total. The van der Waals surface area contributed by atoms with E-state index in [0.29, 0.717) is 22.3 Å². The molecule has 0 fully saturated rings. The number of fused-ring (bicyclic) bond motifs is 6. The van der Waals surface area contributed by atoms with Crippen LogP contribution in [0.25, 0.3) is 22.3 Å². The highest BCUT2D eigenvalue weighted by molar-refractivity contribution is 7.93. The van der Waals surface area contributed by atoms with E-state index in [0.717, 1.165) is 31.8 Å². The third-order valence-corrected chi connectivity index (χ3v) is 17.8. The molecule has 9 rings (SSSR count). The zero-order valence-electron chi connectivity index (χ0n) is 26.5. The van der Waals surface area contributed by atoms with E-state index >= 15 is 0 Å². The number of sulfone groups is 2. The summed E-state index contributed by atoms with van der Waals surface area (Å²) in [6.45, 7) is 0. The summed E-state index contributed by atoms with van der Waals surface area (Å²) < 4.78 is 57.1. The van der Waals surface area contributed by atoms with Crippen molar-refractivity contribution >= 4 is 67.3 Å². The van der Waals surface area contributed by atoms with E-state index in [9.17, 15) is 16.8 Å². The van der Waals surface area contributed by atoms with Gasteiger partial charge in [-0.05, 0) is 71.9 Å². The molecule has 2 aliphatic rings. The lowest BCUT2D eigenvalue weighted by molar-refractivity contribution is 0.597. The molecular weight excluding hydrogens is 695 g/mol. The summed E-state index contributed by atoms with van der Waals surface area (Å²) in [4.78, 5) is 0.522. The number of rotatable bonds is 6. The van der Waals surface area contributed by atoms with Gasteiger partial charge in [-0.3, -0.25) is 0 Å². The van der Waals surface area contributed by atoms with Crippen LogP contribution in [0.1, 0.15) is 0 Å². The van der Waals surface area contributed by atoms with Gasteiger partial charge in [-0.1, -0.05) is 146 Å². The molecule has 0 atom stereocenters. The molecule has 0 aromatic heterocycles. The molecule has 2 heterocycles. The van der Waals surface area contributed by atoms with Crippen LogP contribution in [0.15, 0.2) is 189 Å². The molecule has 0 saturated carbocycles. The van der Waals surface area contributed by atoms with Crippen molar-refractivity contribution in [1.29, 1.82) is 0 Å². The molecule has 0 unspecified atom stereocenters. The van der Waals surface area contributed by atoms with Crippen LogP contribution in [0.3, 0.4) is 0 Å².